The van der Waals surface area contributed by atoms with Crippen LogP contribution in [0.4, 0.5) is 5.69 Å². The van der Waals surface area contributed by atoms with E-state index in [0.717, 1.165) is 22.2 Å². The lowest BCUT2D eigenvalue weighted by Crippen LogP contribution is -2.56. The molecule has 1 saturated heterocycles. The van der Waals surface area contributed by atoms with Crippen LogP contribution in [-0.4, -0.2) is 23.4 Å². The lowest BCUT2D eigenvalue weighted by molar-refractivity contribution is -0.124. The maximum absolute atomic E-state index is 12.5. The second kappa shape index (κ2) is 5.32. The van der Waals surface area contributed by atoms with Gasteiger partial charge in [0.1, 0.15) is 11.8 Å². The number of carbonyl (C=O) groups excluding carboxylic acids is 1. The number of rotatable bonds is 3. The van der Waals surface area contributed by atoms with Gasteiger partial charge in [-0.1, -0.05) is 41.9 Å². The van der Waals surface area contributed by atoms with E-state index in [-0.39, 0.29) is 5.78 Å². The third kappa shape index (κ3) is 2.02. The summed E-state index contributed by atoms with van der Waals surface area (Å²) in [4.78, 5) is 17.6. The molecular weight excluding hydrogens is 312 g/mol. The molecule has 0 aliphatic carbocycles. The number of halogens is 1. The van der Waals surface area contributed by atoms with Gasteiger partial charge in [-0.15, -0.1) is 0 Å². The van der Waals surface area contributed by atoms with Crippen LogP contribution in [0, 0.1) is 0 Å². The van der Waals surface area contributed by atoms with Crippen LogP contribution in [0.1, 0.15) is 11.6 Å². The van der Waals surface area contributed by atoms with Crippen molar-refractivity contribution in [2.75, 3.05) is 12.0 Å². The molecule has 1 aliphatic rings. The number of Topliss-reactive ketones (excluding diaryl/α,β-unsaturated/α-hetero) is 1. The van der Waals surface area contributed by atoms with Gasteiger partial charge in [0, 0.05) is 22.7 Å². The second-order valence-electron chi connectivity index (χ2n) is 5.51. The third-order valence-corrected chi connectivity index (χ3v) is 4.73. The minimum absolute atomic E-state index is 0.00215. The first kappa shape index (κ1) is 14.2. The van der Waals surface area contributed by atoms with E-state index >= 15 is 0 Å². The number of nitrogens with one attached hydrogen (secondary N) is 1. The van der Waals surface area contributed by atoms with Crippen molar-refractivity contribution in [3.05, 3.63) is 60.3 Å². The maximum atomic E-state index is 12.5. The summed E-state index contributed by atoms with van der Waals surface area (Å²) in [7, 11) is 1.62. The average molecular weight is 327 g/mol. The van der Waals surface area contributed by atoms with Crippen LogP contribution in [0.3, 0.4) is 0 Å². The Bertz CT molecular complexity index is 889. The number of hydrogen-bond donors (Lipinski definition) is 1. The van der Waals surface area contributed by atoms with Gasteiger partial charge in [0.05, 0.1) is 12.8 Å². The summed E-state index contributed by atoms with van der Waals surface area (Å²) in [5.41, 5.74) is 2.09. The molecule has 0 radical (unpaired) electrons. The molecule has 0 bridgehead atoms. The molecule has 23 heavy (non-hydrogen) atoms. The summed E-state index contributed by atoms with van der Waals surface area (Å²) in [5.74, 6) is 0.706. The topological polar surface area (TPSA) is 45.3 Å². The van der Waals surface area contributed by atoms with Crippen molar-refractivity contribution in [3.8, 4) is 5.75 Å². The number of nitrogens with zero attached hydrogens (tertiary/aromatic N) is 1. The highest BCUT2D eigenvalue weighted by Gasteiger charge is 2.49. The highest BCUT2D eigenvalue weighted by Crippen LogP contribution is 2.46. The Morgan fingerprint density at radius 3 is 2.70 bits per heavy atom. The number of ether oxygens (including phenoxy) is 1. The molecule has 0 spiro atoms. The van der Waals surface area contributed by atoms with Crippen molar-refractivity contribution in [1.29, 1.82) is 0 Å². The Kier molecular flexibility index (Phi) is 3.27. The lowest BCUT2D eigenvalue weighted by atomic mass is 9.91. The molecule has 116 valence electrons. The number of benzene rings is 2. The number of ketones is 1. The monoisotopic (exact) mass is 326 g/mol. The van der Waals surface area contributed by atoms with Gasteiger partial charge in [-0.25, -0.2) is 0 Å². The standard InChI is InChI=1S/C18H15ClN2O2/c1-23-15-9-5-4-8-14(15)21-16(17(22)18(21)19)12-10-20-13-7-3-2-6-11(12)13/h2-10,16,18,20H,1H3/t16-,18-/m1/s1. The molecule has 2 heterocycles. The molecule has 2 atom stereocenters. The van der Waals surface area contributed by atoms with Crippen LogP contribution < -0.4 is 9.64 Å². The van der Waals surface area contributed by atoms with Crippen molar-refractivity contribution >= 4 is 34.0 Å². The molecule has 5 heteroatoms. The zero-order chi connectivity index (χ0) is 16.0. The Morgan fingerprint density at radius 1 is 1.13 bits per heavy atom. The molecule has 0 amide bonds. The van der Waals surface area contributed by atoms with E-state index in [2.05, 4.69) is 4.98 Å². The van der Waals surface area contributed by atoms with Crippen LogP contribution in [0.5, 0.6) is 5.75 Å². The van der Waals surface area contributed by atoms with E-state index in [9.17, 15) is 4.79 Å². The van der Waals surface area contributed by atoms with Gasteiger partial charge in [0.2, 0.25) is 0 Å². The molecule has 4 nitrogen and oxygen atoms in total. The van der Waals surface area contributed by atoms with E-state index < -0.39 is 11.5 Å². The molecule has 0 saturated carbocycles. The normalized spacial score (nSPS) is 20.6. The van der Waals surface area contributed by atoms with Crippen LogP contribution in [0.2, 0.25) is 0 Å². The molecule has 0 unspecified atom stereocenters. The van der Waals surface area contributed by atoms with E-state index in [0.29, 0.717) is 5.75 Å². The Balaban J connectivity index is 1.82. The van der Waals surface area contributed by atoms with Gasteiger partial charge in [0.15, 0.2) is 11.3 Å². The van der Waals surface area contributed by atoms with Gasteiger partial charge in [-0.05, 0) is 18.2 Å². The predicted molar refractivity (Wildman–Crippen MR) is 91.2 cm³/mol. The Morgan fingerprint density at radius 2 is 1.87 bits per heavy atom. The maximum Gasteiger partial charge on any atom is 0.197 e. The van der Waals surface area contributed by atoms with E-state index in [1.165, 1.54) is 0 Å². The van der Waals surface area contributed by atoms with Gasteiger partial charge in [0.25, 0.3) is 0 Å². The number of methoxy groups -OCH3 is 1. The number of para-hydroxylation sites is 3. The smallest absolute Gasteiger partial charge is 0.197 e. The van der Waals surface area contributed by atoms with Gasteiger partial charge < -0.3 is 14.6 Å². The summed E-state index contributed by atoms with van der Waals surface area (Å²) >= 11 is 6.30. The first-order valence-electron chi connectivity index (χ1n) is 7.37. The van der Waals surface area contributed by atoms with Crippen molar-refractivity contribution in [2.24, 2.45) is 0 Å². The van der Waals surface area contributed by atoms with Gasteiger partial charge in [-0.3, -0.25) is 4.79 Å². The summed E-state index contributed by atoms with van der Waals surface area (Å²) in [5, 5.41) is 1.04. The van der Waals surface area contributed by atoms with Gasteiger partial charge >= 0.3 is 0 Å². The SMILES string of the molecule is COc1ccccc1N1[C@@H](Cl)C(=O)[C@H]1c1c[nH]c2ccccc12. The molecule has 1 fully saturated rings. The third-order valence-electron chi connectivity index (χ3n) is 4.31. The number of anilines is 1. The minimum Gasteiger partial charge on any atom is -0.495 e. The van der Waals surface area contributed by atoms with E-state index in [4.69, 9.17) is 16.3 Å². The predicted octanol–water partition coefficient (Wildman–Crippen LogP) is 3.87. The number of carbonyl (C=O) groups is 1. The van der Waals surface area contributed by atoms with Crippen LogP contribution in [0.25, 0.3) is 10.9 Å². The fraction of sp³-hybridized carbons (Fsp3) is 0.167. The number of aromatic nitrogens is 1. The number of H-pyrrole nitrogens is 1. The molecule has 1 aromatic heterocycles. The van der Waals surface area contributed by atoms with E-state index in [1.54, 1.807) is 7.11 Å². The zero-order valence-electron chi connectivity index (χ0n) is 12.5. The van der Waals surface area contributed by atoms with Crippen LogP contribution in [0.15, 0.2) is 54.7 Å². The highest BCUT2D eigenvalue weighted by atomic mass is 35.5. The second-order valence-corrected chi connectivity index (χ2v) is 5.92. The molecule has 2 aromatic carbocycles. The fourth-order valence-corrected chi connectivity index (χ4v) is 3.52. The summed E-state index contributed by atoms with van der Waals surface area (Å²) < 4.78 is 5.42. The minimum atomic E-state index is -0.676. The molecule has 1 aliphatic heterocycles. The van der Waals surface area contributed by atoms with Gasteiger partial charge in [-0.2, -0.15) is 0 Å². The van der Waals surface area contributed by atoms with Crippen LogP contribution >= 0.6 is 11.6 Å². The highest BCUT2D eigenvalue weighted by molar-refractivity contribution is 6.37. The number of aromatic amines is 1. The lowest BCUT2D eigenvalue weighted by Gasteiger charge is -2.45. The van der Waals surface area contributed by atoms with Crippen molar-refractivity contribution in [3.63, 3.8) is 0 Å². The zero-order valence-corrected chi connectivity index (χ0v) is 13.2. The summed E-state index contributed by atoms with van der Waals surface area (Å²) in [6.07, 6.45) is 1.89. The quantitative estimate of drug-likeness (QED) is 0.587. The van der Waals surface area contributed by atoms with Crippen molar-refractivity contribution < 1.29 is 9.53 Å². The van der Waals surface area contributed by atoms with E-state index in [1.807, 2.05) is 59.6 Å². The van der Waals surface area contributed by atoms with Crippen molar-refractivity contribution in [1.82, 2.24) is 4.98 Å². The number of fused-ring (bicyclic) bond motifs is 1. The van der Waals surface area contributed by atoms with Crippen molar-refractivity contribution in [2.45, 2.75) is 11.5 Å². The molecule has 1 N–H and O–H groups in total. The first-order valence-corrected chi connectivity index (χ1v) is 7.81. The molecule has 3 aromatic rings. The molecule has 4 rings (SSSR count). The number of hydrogen-bond acceptors (Lipinski definition) is 3. The summed E-state index contributed by atoms with van der Waals surface area (Å²) in [6.45, 7) is 0. The molecular formula is C18H15ClN2O2. The Hall–Kier alpha value is -2.46. The average Bonchev–Trinajstić information content (AvgIpc) is 3.02. The van der Waals surface area contributed by atoms with Crippen LogP contribution in [-0.2, 0) is 4.79 Å². The summed E-state index contributed by atoms with van der Waals surface area (Å²) in [6, 6.07) is 15.1. The largest absolute Gasteiger partial charge is 0.495 e. The number of alkyl halides is 1. The first-order chi connectivity index (χ1) is 11.2. The fourth-order valence-electron chi connectivity index (χ4n) is 3.18. The Labute approximate surface area is 138 Å².